The molecule has 0 radical (unpaired) electrons. The molecule has 6 heteroatoms. The molecule has 0 bridgehead atoms. The molecule has 1 aliphatic heterocycles. The minimum atomic E-state index is -0.803. The predicted octanol–water partition coefficient (Wildman–Crippen LogP) is 1.12. The third kappa shape index (κ3) is 5.21. The van der Waals surface area contributed by atoms with E-state index < -0.39 is 5.97 Å². The molecule has 0 aromatic carbocycles. The highest BCUT2D eigenvalue weighted by Gasteiger charge is 2.30. The molecule has 1 N–H and O–H groups in total. The molecule has 1 fully saturated rings. The molecular weight excluding hydrogens is 242 g/mol. The summed E-state index contributed by atoms with van der Waals surface area (Å²) in [5, 5.41) is 8.58. The van der Waals surface area contributed by atoms with Crippen molar-refractivity contribution in [2.75, 3.05) is 13.1 Å². The molecule has 0 aromatic heterocycles. The number of nitrogens with zero attached hydrogens (tertiary/aromatic N) is 1. The fourth-order valence-electron chi connectivity index (χ4n) is 1.84. The van der Waals surface area contributed by atoms with Gasteiger partial charge in [0.05, 0.1) is 0 Å². The van der Waals surface area contributed by atoms with Crippen LogP contribution >= 0.6 is 11.8 Å². The number of carboxylic acid groups (broad SMARTS) is 1. The number of carbonyl (C=O) groups excluding carboxylic acids is 2. The summed E-state index contributed by atoms with van der Waals surface area (Å²) in [7, 11) is 0. The van der Waals surface area contributed by atoms with Crippen LogP contribution in [0.1, 0.15) is 32.6 Å². The van der Waals surface area contributed by atoms with Crippen molar-refractivity contribution < 1.29 is 19.5 Å². The molecule has 0 saturated carbocycles. The maximum absolute atomic E-state index is 11.6. The average molecular weight is 259 g/mol. The quantitative estimate of drug-likeness (QED) is 0.723. The molecule has 5 nitrogen and oxygen atoms in total. The minimum Gasteiger partial charge on any atom is -0.481 e. The van der Waals surface area contributed by atoms with Crippen LogP contribution in [0.15, 0.2) is 0 Å². The number of aliphatic carboxylic acids is 1. The van der Waals surface area contributed by atoms with Gasteiger partial charge in [0.15, 0.2) is 5.12 Å². The molecule has 1 heterocycles. The zero-order valence-electron chi connectivity index (χ0n) is 9.85. The van der Waals surface area contributed by atoms with E-state index in [0.717, 1.165) is 0 Å². The molecule has 1 saturated heterocycles. The van der Waals surface area contributed by atoms with Gasteiger partial charge in [-0.2, -0.15) is 0 Å². The van der Waals surface area contributed by atoms with Crippen LogP contribution in [0.3, 0.4) is 0 Å². The summed E-state index contributed by atoms with van der Waals surface area (Å²) in [6.45, 7) is 2.71. The number of hydrogen-bond donors (Lipinski definition) is 1. The van der Waals surface area contributed by atoms with Gasteiger partial charge < -0.3 is 10.0 Å². The number of unbranched alkanes of at least 4 members (excludes halogenated alkanes) is 1. The standard InChI is InChI=1S/C11H17NO4S/c1-8(13)17-9-6-10(14)12(7-9)5-3-2-4-11(15)16/h9H,2-7H2,1H3,(H,15,16). The van der Waals surface area contributed by atoms with Gasteiger partial charge in [0.25, 0.3) is 0 Å². The summed E-state index contributed by atoms with van der Waals surface area (Å²) in [6, 6.07) is 0. The van der Waals surface area contributed by atoms with Gasteiger partial charge in [0, 0.05) is 38.1 Å². The van der Waals surface area contributed by atoms with Crippen molar-refractivity contribution in [2.24, 2.45) is 0 Å². The first-order valence-corrected chi connectivity index (χ1v) is 6.54. The van der Waals surface area contributed by atoms with E-state index in [1.54, 1.807) is 4.90 Å². The monoisotopic (exact) mass is 259 g/mol. The Kier molecular flexibility index (Phi) is 5.47. The molecule has 1 amide bonds. The van der Waals surface area contributed by atoms with Crippen LogP contribution in [0.5, 0.6) is 0 Å². The highest BCUT2D eigenvalue weighted by molar-refractivity contribution is 8.14. The molecule has 0 aromatic rings. The van der Waals surface area contributed by atoms with Crippen LogP contribution in [-0.4, -0.2) is 45.3 Å². The lowest BCUT2D eigenvalue weighted by Crippen LogP contribution is -2.26. The van der Waals surface area contributed by atoms with Crippen molar-refractivity contribution in [3.05, 3.63) is 0 Å². The Hall–Kier alpha value is -1.04. The Balaban J connectivity index is 2.23. The van der Waals surface area contributed by atoms with Gasteiger partial charge in [-0.05, 0) is 12.8 Å². The van der Waals surface area contributed by atoms with Gasteiger partial charge >= 0.3 is 5.97 Å². The van der Waals surface area contributed by atoms with Crippen LogP contribution in [0, 0.1) is 0 Å². The first-order valence-electron chi connectivity index (χ1n) is 5.66. The fourth-order valence-corrected chi connectivity index (χ4v) is 2.79. The second-order valence-electron chi connectivity index (χ2n) is 4.13. The number of amides is 1. The zero-order valence-corrected chi connectivity index (χ0v) is 10.7. The summed E-state index contributed by atoms with van der Waals surface area (Å²) in [6.07, 6.45) is 1.86. The molecule has 1 unspecified atom stereocenters. The van der Waals surface area contributed by atoms with E-state index in [1.165, 1.54) is 18.7 Å². The van der Waals surface area contributed by atoms with E-state index in [4.69, 9.17) is 5.11 Å². The number of carboxylic acids is 1. The van der Waals surface area contributed by atoms with Gasteiger partial charge in [0.1, 0.15) is 0 Å². The van der Waals surface area contributed by atoms with Crippen LogP contribution in [0.25, 0.3) is 0 Å². The highest BCUT2D eigenvalue weighted by Crippen LogP contribution is 2.24. The van der Waals surface area contributed by atoms with Crippen molar-refractivity contribution in [1.82, 2.24) is 4.90 Å². The van der Waals surface area contributed by atoms with Gasteiger partial charge in [0.2, 0.25) is 5.91 Å². The maximum atomic E-state index is 11.6. The van der Waals surface area contributed by atoms with Crippen molar-refractivity contribution >= 4 is 28.8 Å². The SMILES string of the molecule is CC(=O)SC1CC(=O)N(CCCCC(=O)O)C1. The normalized spacial score (nSPS) is 19.7. The number of rotatable bonds is 6. The summed E-state index contributed by atoms with van der Waals surface area (Å²) < 4.78 is 0. The Morgan fingerprint density at radius 2 is 2.18 bits per heavy atom. The van der Waals surface area contributed by atoms with Crippen molar-refractivity contribution in [1.29, 1.82) is 0 Å². The third-order valence-electron chi connectivity index (χ3n) is 2.58. The topological polar surface area (TPSA) is 74.7 Å². The predicted molar refractivity (Wildman–Crippen MR) is 64.7 cm³/mol. The molecule has 1 aliphatic rings. The van der Waals surface area contributed by atoms with Gasteiger partial charge in [-0.25, -0.2) is 0 Å². The summed E-state index contributed by atoms with van der Waals surface area (Å²) >= 11 is 1.22. The van der Waals surface area contributed by atoms with Gasteiger partial charge in [-0.1, -0.05) is 11.8 Å². The van der Waals surface area contributed by atoms with Crippen molar-refractivity contribution in [2.45, 2.75) is 37.9 Å². The molecule has 1 rings (SSSR count). The van der Waals surface area contributed by atoms with E-state index in [2.05, 4.69) is 0 Å². The first-order chi connectivity index (χ1) is 7.99. The van der Waals surface area contributed by atoms with Crippen LogP contribution in [0.2, 0.25) is 0 Å². The Morgan fingerprint density at radius 3 is 2.76 bits per heavy atom. The second-order valence-corrected chi connectivity index (χ2v) is 5.60. The number of hydrogen-bond acceptors (Lipinski definition) is 4. The van der Waals surface area contributed by atoms with Crippen LogP contribution in [-0.2, 0) is 14.4 Å². The maximum Gasteiger partial charge on any atom is 0.303 e. The summed E-state index contributed by atoms with van der Waals surface area (Å²) in [5.74, 6) is -0.734. The molecule has 17 heavy (non-hydrogen) atoms. The summed E-state index contributed by atoms with van der Waals surface area (Å²) in [4.78, 5) is 34.5. The molecule has 96 valence electrons. The largest absolute Gasteiger partial charge is 0.481 e. The van der Waals surface area contributed by atoms with E-state index >= 15 is 0 Å². The third-order valence-corrected chi connectivity index (χ3v) is 3.56. The van der Waals surface area contributed by atoms with E-state index in [0.29, 0.717) is 32.4 Å². The lowest BCUT2D eigenvalue weighted by molar-refractivity contribution is -0.137. The van der Waals surface area contributed by atoms with E-state index in [9.17, 15) is 14.4 Å². The Labute approximate surface area is 105 Å². The van der Waals surface area contributed by atoms with Gasteiger partial charge in [-0.3, -0.25) is 14.4 Å². The van der Waals surface area contributed by atoms with Crippen molar-refractivity contribution in [3.8, 4) is 0 Å². The Bertz CT molecular complexity index is 319. The first kappa shape index (κ1) is 14.0. The van der Waals surface area contributed by atoms with Crippen LogP contribution in [0.4, 0.5) is 0 Å². The van der Waals surface area contributed by atoms with Crippen molar-refractivity contribution in [3.63, 3.8) is 0 Å². The Morgan fingerprint density at radius 1 is 1.47 bits per heavy atom. The molecular formula is C11H17NO4S. The lowest BCUT2D eigenvalue weighted by atomic mass is 10.2. The highest BCUT2D eigenvalue weighted by atomic mass is 32.2. The summed E-state index contributed by atoms with van der Waals surface area (Å²) in [5.41, 5.74) is 0. The second kappa shape index (κ2) is 6.64. The van der Waals surface area contributed by atoms with Gasteiger partial charge in [-0.15, -0.1) is 0 Å². The minimum absolute atomic E-state index is 0.0375. The van der Waals surface area contributed by atoms with Crippen LogP contribution < -0.4 is 0 Å². The number of carbonyl (C=O) groups is 3. The smallest absolute Gasteiger partial charge is 0.303 e. The molecule has 1 atom stereocenters. The zero-order chi connectivity index (χ0) is 12.8. The van der Waals surface area contributed by atoms with E-state index in [-0.39, 0.29) is 22.7 Å². The molecule has 0 aliphatic carbocycles. The fraction of sp³-hybridized carbons (Fsp3) is 0.727. The number of likely N-dealkylation sites (tertiary alicyclic amines) is 1. The van der Waals surface area contributed by atoms with E-state index in [1.807, 2.05) is 0 Å². The average Bonchev–Trinajstić information content (AvgIpc) is 2.52. The lowest BCUT2D eigenvalue weighted by Gasteiger charge is -2.15. The number of thioether (sulfide) groups is 1. The molecule has 0 spiro atoms.